The molecular formula is C20H27Cl2N5O. The Bertz CT molecular complexity index is 826. The maximum atomic E-state index is 13.2. The van der Waals surface area contributed by atoms with E-state index >= 15 is 0 Å². The standard InChI is InChI=1S/C20H26ClN5O.ClH/c1-20(2,15-3-5-16(21)6-4-15)19(27)25-10-7-14(8-11-25)18-24-23-17-13-22-9-12-26(17)18;/h3-6,14,22H,7-13H2,1-2H3;1H. The quantitative estimate of drug-likeness (QED) is 0.823. The lowest BCUT2D eigenvalue weighted by Crippen LogP contribution is -2.47. The second-order valence-corrected chi connectivity index (χ2v) is 8.44. The van der Waals surface area contributed by atoms with Gasteiger partial charge in [-0.05, 0) is 44.4 Å². The first-order valence-electron chi connectivity index (χ1n) is 9.65. The Morgan fingerprint density at radius 2 is 1.82 bits per heavy atom. The molecule has 1 fully saturated rings. The molecule has 0 aliphatic carbocycles. The summed E-state index contributed by atoms with van der Waals surface area (Å²) in [5.74, 6) is 2.68. The number of carbonyl (C=O) groups is 1. The van der Waals surface area contributed by atoms with Crippen LogP contribution in [0.3, 0.4) is 0 Å². The Morgan fingerprint density at radius 1 is 1.14 bits per heavy atom. The molecule has 2 aromatic rings. The second kappa shape index (κ2) is 8.39. The highest BCUT2D eigenvalue weighted by molar-refractivity contribution is 6.30. The molecule has 6 nitrogen and oxygen atoms in total. The van der Waals surface area contributed by atoms with Gasteiger partial charge in [-0.15, -0.1) is 22.6 Å². The number of nitrogens with one attached hydrogen (secondary N) is 1. The molecule has 152 valence electrons. The maximum absolute atomic E-state index is 13.2. The van der Waals surface area contributed by atoms with E-state index in [0.717, 1.165) is 62.8 Å². The van der Waals surface area contributed by atoms with E-state index in [1.165, 1.54) is 0 Å². The van der Waals surface area contributed by atoms with E-state index in [1.54, 1.807) is 0 Å². The summed E-state index contributed by atoms with van der Waals surface area (Å²) in [4.78, 5) is 15.2. The van der Waals surface area contributed by atoms with Crippen LogP contribution < -0.4 is 5.32 Å². The van der Waals surface area contributed by atoms with Crippen molar-refractivity contribution in [3.8, 4) is 0 Å². The lowest BCUT2D eigenvalue weighted by molar-refractivity contribution is -0.137. The van der Waals surface area contributed by atoms with Crippen LogP contribution in [-0.2, 0) is 23.3 Å². The molecule has 1 aromatic heterocycles. The van der Waals surface area contributed by atoms with Crippen LogP contribution in [-0.4, -0.2) is 45.2 Å². The number of nitrogens with zero attached hydrogens (tertiary/aromatic N) is 4. The van der Waals surface area contributed by atoms with Gasteiger partial charge >= 0.3 is 0 Å². The van der Waals surface area contributed by atoms with Gasteiger partial charge in [0, 0.05) is 37.1 Å². The number of fused-ring (bicyclic) bond motifs is 1. The number of hydrogen-bond donors (Lipinski definition) is 1. The largest absolute Gasteiger partial charge is 0.342 e. The first-order valence-corrected chi connectivity index (χ1v) is 10.0. The van der Waals surface area contributed by atoms with Gasteiger partial charge in [0.2, 0.25) is 5.91 Å². The van der Waals surface area contributed by atoms with Crippen LogP contribution in [0, 0.1) is 0 Å². The smallest absolute Gasteiger partial charge is 0.232 e. The summed E-state index contributed by atoms with van der Waals surface area (Å²) >= 11 is 5.99. The van der Waals surface area contributed by atoms with Gasteiger partial charge in [0.05, 0.1) is 12.0 Å². The van der Waals surface area contributed by atoms with Gasteiger partial charge in [0.15, 0.2) is 0 Å². The fourth-order valence-electron chi connectivity index (χ4n) is 4.14. The van der Waals surface area contributed by atoms with Crippen LogP contribution in [0.15, 0.2) is 24.3 Å². The number of carbonyl (C=O) groups excluding carboxylic acids is 1. The third kappa shape index (κ3) is 3.91. The molecule has 3 heterocycles. The molecule has 2 aliphatic heterocycles. The zero-order chi connectivity index (χ0) is 19.0. The van der Waals surface area contributed by atoms with Gasteiger partial charge < -0.3 is 14.8 Å². The highest BCUT2D eigenvalue weighted by atomic mass is 35.5. The van der Waals surface area contributed by atoms with Crippen molar-refractivity contribution in [3.05, 3.63) is 46.5 Å². The van der Waals surface area contributed by atoms with Crippen molar-refractivity contribution in [1.82, 2.24) is 25.0 Å². The SMILES string of the molecule is CC(C)(C(=O)N1CCC(c2nnc3n2CCNC3)CC1)c1ccc(Cl)cc1.Cl. The third-order valence-electron chi connectivity index (χ3n) is 5.90. The molecule has 28 heavy (non-hydrogen) atoms. The second-order valence-electron chi connectivity index (χ2n) is 8.00. The fourth-order valence-corrected chi connectivity index (χ4v) is 4.27. The summed E-state index contributed by atoms with van der Waals surface area (Å²) in [7, 11) is 0. The van der Waals surface area contributed by atoms with Crippen LogP contribution in [0.5, 0.6) is 0 Å². The predicted octanol–water partition coefficient (Wildman–Crippen LogP) is 3.14. The Balaban J connectivity index is 0.00000225. The Kier molecular flexibility index (Phi) is 6.32. The number of halogens is 2. The van der Waals surface area contributed by atoms with Crippen molar-refractivity contribution >= 4 is 29.9 Å². The zero-order valence-corrected chi connectivity index (χ0v) is 17.9. The van der Waals surface area contributed by atoms with Crippen LogP contribution in [0.4, 0.5) is 0 Å². The maximum Gasteiger partial charge on any atom is 0.232 e. The molecule has 8 heteroatoms. The molecule has 0 unspecified atom stereocenters. The molecule has 4 rings (SSSR count). The minimum atomic E-state index is -0.558. The molecule has 0 spiro atoms. The normalized spacial score (nSPS) is 17.8. The Hall–Kier alpha value is -1.63. The van der Waals surface area contributed by atoms with Crippen molar-refractivity contribution < 1.29 is 4.79 Å². The molecule has 0 radical (unpaired) electrons. The number of hydrogen-bond acceptors (Lipinski definition) is 4. The van der Waals surface area contributed by atoms with E-state index in [0.29, 0.717) is 10.9 Å². The van der Waals surface area contributed by atoms with Gasteiger partial charge in [-0.3, -0.25) is 4.79 Å². The highest BCUT2D eigenvalue weighted by Crippen LogP contribution is 2.32. The fraction of sp³-hybridized carbons (Fsp3) is 0.550. The van der Waals surface area contributed by atoms with Crippen LogP contribution in [0.25, 0.3) is 0 Å². The van der Waals surface area contributed by atoms with Crippen molar-refractivity contribution in [2.45, 2.75) is 51.1 Å². The van der Waals surface area contributed by atoms with Crippen molar-refractivity contribution in [2.24, 2.45) is 0 Å². The summed E-state index contributed by atoms with van der Waals surface area (Å²) in [6.45, 7) is 8.20. The number of piperidine rings is 1. The summed E-state index contributed by atoms with van der Waals surface area (Å²) < 4.78 is 2.26. The number of rotatable bonds is 3. The molecule has 1 N–H and O–H groups in total. The molecule has 1 amide bonds. The van der Waals surface area contributed by atoms with Crippen molar-refractivity contribution in [3.63, 3.8) is 0 Å². The van der Waals surface area contributed by atoms with E-state index in [2.05, 4.69) is 20.1 Å². The van der Waals surface area contributed by atoms with Gasteiger partial charge in [-0.25, -0.2) is 0 Å². The van der Waals surface area contributed by atoms with E-state index in [4.69, 9.17) is 11.6 Å². The van der Waals surface area contributed by atoms with Gasteiger partial charge in [-0.1, -0.05) is 23.7 Å². The van der Waals surface area contributed by atoms with E-state index in [1.807, 2.05) is 43.0 Å². The minimum Gasteiger partial charge on any atom is -0.342 e. The Labute approximate surface area is 177 Å². The summed E-state index contributed by atoms with van der Waals surface area (Å²) in [5, 5.41) is 12.8. The molecule has 2 aliphatic rings. The van der Waals surface area contributed by atoms with Crippen LogP contribution in [0.2, 0.25) is 5.02 Å². The number of aromatic nitrogens is 3. The van der Waals surface area contributed by atoms with E-state index in [9.17, 15) is 4.79 Å². The monoisotopic (exact) mass is 423 g/mol. The van der Waals surface area contributed by atoms with Crippen LogP contribution in [0.1, 0.15) is 49.8 Å². The molecular weight excluding hydrogens is 397 g/mol. The first kappa shape index (κ1) is 21.1. The molecule has 0 bridgehead atoms. The van der Waals surface area contributed by atoms with Crippen molar-refractivity contribution in [2.75, 3.05) is 19.6 Å². The minimum absolute atomic E-state index is 0. The topological polar surface area (TPSA) is 63.1 Å². The highest BCUT2D eigenvalue weighted by Gasteiger charge is 2.36. The lowest BCUT2D eigenvalue weighted by Gasteiger charge is -2.37. The predicted molar refractivity (Wildman–Crippen MR) is 112 cm³/mol. The Morgan fingerprint density at radius 3 is 2.50 bits per heavy atom. The average molecular weight is 424 g/mol. The van der Waals surface area contributed by atoms with Crippen LogP contribution >= 0.6 is 24.0 Å². The third-order valence-corrected chi connectivity index (χ3v) is 6.15. The van der Waals surface area contributed by atoms with Gasteiger partial charge in [-0.2, -0.15) is 0 Å². The summed E-state index contributed by atoms with van der Waals surface area (Å²) in [5.41, 5.74) is 0.440. The van der Waals surface area contributed by atoms with E-state index < -0.39 is 5.41 Å². The molecule has 0 atom stereocenters. The first-order chi connectivity index (χ1) is 13.0. The number of amides is 1. The molecule has 1 saturated heterocycles. The molecule has 0 saturated carbocycles. The van der Waals surface area contributed by atoms with Crippen molar-refractivity contribution in [1.29, 1.82) is 0 Å². The lowest BCUT2D eigenvalue weighted by atomic mass is 9.82. The zero-order valence-electron chi connectivity index (χ0n) is 16.3. The van der Waals surface area contributed by atoms with E-state index in [-0.39, 0.29) is 18.3 Å². The number of likely N-dealkylation sites (tertiary alicyclic amines) is 1. The summed E-state index contributed by atoms with van der Waals surface area (Å²) in [6.07, 6.45) is 1.88. The molecule has 1 aromatic carbocycles. The number of benzene rings is 1. The van der Waals surface area contributed by atoms with Gasteiger partial charge in [0.25, 0.3) is 0 Å². The summed E-state index contributed by atoms with van der Waals surface area (Å²) in [6, 6.07) is 7.59. The van der Waals surface area contributed by atoms with Gasteiger partial charge in [0.1, 0.15) is 11.6 Å². The average Bonchev–Trinajstić information content (AvgIpc) is 3.12.